The summed E-state index contributed by atoms with van der Waals surface area (Å²) in [6, 6.07) is 0.358. The number of aliphatic carboxylic acids is 1. The minimum atomic E-state index is -0.837. The molecule has 0 bridgehead atoms. The highest BCUT2D eigenvalue weighted by Crippen LogP contribution is 2.34. The summed E-state index contributed by atoms with van der Waals surface area (Å²) < 4.78 is 7.38. The molecule has 1 fully saturated rings. The van der Waals surface area contributed by atoms with Gasteiger partial charge in [0, 0.05) is 5.56 Å². The van der Waals surface area contributed by atoms with Crippen molar-refractivity contribution >= 4 is 5.97 Å². The van der Waals surface area contributed by atoms with Gasteiger partial charge in [-0.25, -0.2) is 4.68 Å². The maximum absolute atomic E-state index is 11.0. The molecule has 5 heteroatoms. The highest BCUT2D eigenvalue weighted by Gasteiger charge is 2.25. The number of carbonyl (C=O) groups is 1. The molecule has 1 aliphatic rings. The van der Waals surface area contributed by atoms with E-state index >= 15 is 0 Å². The standard InChI is InChI=1S/C14H22N2O3/c1-3-12-11(9-13(17)18)14(19-2)16(15-12)10-7-5-4-6-8-10/h10H,3-9H2,1-2H3,(H,17,18). The van der Waals surface area contributed by atoms with Gasteiger partial charge in [0.05, 0.1) is 25.3 Å². The first kappa shape index (κ1) is 13.9. The number of rotatable bonds is 5. The van der Waals surface area contributed by atoms with E-state index in [1.54, 1.807) is 7.11 Å². The molecule has 0 amide bonds. The predicted molar refractivity (Wildman–Crippen MR) is 71.6 cm³/mol. The monoisotopic (exact) mass is 266 g/mol. The Labute approximate surface area is 113 Å². The Balaban J connectivity index is 2.36. The van der Waals surface area contributed by atoms with E-state index in [0.29, 0.717) is 11.9 Å². The van der Waals surface area contributed by atoms with Crippen LogP contribution < -0.4 is 4.74 Å². The first-order valence-electron chi connectivity index (χ1n) is 7.03. The van der Waals surface area contributed by atoms with Crippen LogP contribution in [-0.4, -0.2) is 28.0 Å². The summed E-state index contributed by atoms with van der Waals surface area (Å²) in [5.41, 5.74) is 1.59. The molecule has 1 aliphatic carbocycles. The van der Waals surface area contributed by atoms with Gasteiger partial charge in [0.1, 0.15) is 0 Å². The van der Waals surface area contributed by atoms with Crippen LogP contribution in [0.5, 0.6) is 5.88 Å². The first-order valence-corrected chi connectivity index (χ1v) is 7.03. The van der Waals surface area contributed by atoms with E-state index in [4.69, 9.17) is 9.84 Å². The number of hydrogen-bond donors (Lipinski definition) is 1. The predicted octanol–water partition coefficient (Wildman–Crippen LogP) is 2.59. The Morgan fingerprint density at radius 1 is 1.42 bits per heavy atom. The number of carboxylic acid groups (broad SMARTS) is 1. The average molecular weight is 266 g/mol. The minimum absolute atomic E-state index is 0.0148. The Morgan fingerprint density at radius 3 is 2.63 bits per heavy atom. The van der Waals surface area contributed by atoms with Crippen molar-refractivity contribution in [2.24, 2.45) is 0 Å². The van der Waals surface area contributed by atoms with Gasteiger partial charge in [0.15, 0.2) is 0 Å². The number of methoxy groups -OCH3 is 1. The highest BCUT2D eigenvalue weighted by molar-refractivity contribution is 5.71. The van der Waals surface area contributed by atoms with E-state index in [1.807, 2.05) is 11.6 Å². The Hall–Kier alpha value is -1.52. The first-order chi connectivity index (χ1) is 9.17. The van der Waals surface area contributed by atoms with Crippen molar-refractivity contribution < 1.29 is 14.6 Å². The number of aromatic nitrogens is 2. The fourth-order valence-electron chi connectivity index (χ4n) is 2.90. The lowest BCUT2D eigenvalue weighted by Gasteiger charge is -2.23. The van der Waals surface area contributed by atoms with E-state index < -0.39 is 5.97 Å². The van der Waals surface area contributed by atoms with Crippen LogP contribution in [0.2, 0.25) is 0 Å². The highest BCUT2D eigenvalue weighted by atomic mass is 16.5. The normalized spacial score (nSPS) is 16.5. The van der Waals surface area contributed by atoms with E-state index in [-0.39, 0.29) is 6.42 Å². The molecule has 0 saturated heterocycles. The summed E-state index contributed by atoms with van der Waals surface area (Å²) >= 11 is 0. The van der Waals surface area contributed by atoms with Gasteiger partial charge in [-0.3, -0.25) is 4.79 Å². The molecule has 1 saturated carbocycles. The average Bonchev–Trinajstić information content (AvgIpc) is 2.76. The van der Waals surface area contributed by atoms with Crippen molar-refractivity contribution in [2.45, 2.75) is 57.9 Å². The zero-order chi connectivity index (χ0) is 13.8. The Kier molecular flexibility index (Phi) is 4.45. The number of hydrogen-bond acceptors (Lipinski definition) is 3. The second kappa shape index (κ2) is 6.08. The summed E-state index contributed by atoms with van der Waals surface area (Å²) in [6.45, 7) is 2.00. The molecule has 0 spiro atoms. The van der Waals surface area contributed by atoms with Crippen LogP contribution >= 0.6 is 0 Å². The van der Waals surface area contributed by atoms with Gasteiger partial charge < -0.3 is 9.84 Å². The van der Waals surface area contributed by atoms with Crippen molar-refractivity contribution in [3.63, 3.8) is 0 Å². The number of ether oxygens (including phenoxy) is 1. The van der Waals surface area contributed by atoms with Gasteiger partial charge in [0.25, 0.3) is 0 Å². The van der Waals surface area contributed by atoms with Crippen LogP contribution in [0.1, 0.15) is 56.3 Å². The van der Waals surface area contributed by atoms with Crippen molar-refractivity contribution in [3.05, 3.63) is 11.3 Å². The Bertz CT molecular complexity index is 448. The van der Waals surface area contributed by atoms with E-state index in [9.17, 15) is 4.79 Å². The molecule has 5 nitrogen and oxygen atoms in total. The van der Waals surface area contributed by atoms with Crippen molar-refractivity contribution in [1.82, 2.24) is 9.78 Å². The van der Waals surface area contributed by atoms with Crippen LogP contribution in [0.4, 0.5) is 0 Å². The molecule has 106 valence electrons. The molecule has 1 heterocycles. The zero-order valence-corrected chi connectivity index (χ0v) is 11.7. The van der Waals surface area contributed by atoms with Gasteiger partial charge >= 0.3 is 5.97 Å². The molecule has 2 rings (SSSR count). The second-order valence-electron chi connectivity index (χ2n) is 5.09. The fraction of sp³-hybridized carbons (Fsp3) is 0.714. The zero-order valence-electron chi connectivity index (χ0n) is 11.7. The molecule has 1 aromatic heterocycles. The van der Waals surface area contributed by atoms with Crippen LogP contribution in [0.3, 0.4) is 0 Å². The second-order valence-corrected chi connectivity index (χ2v) is 5.09. The molecule has 0 atom stereocenters. The number of aryl methyl sites for hydroxylation is 1. The fourth-order valence-corrected chi connectivity index (χ4v) is 2.90. The summed E-state index contributed by atoms with van der Waals surface area (Å²) in [6.07, 6.45) is 6.63. The largest absolute Gasteiger partial charge is 0.481 e. The van der Waals surface area contributed by atoms with Crippen LogP contribution in [0, 0.1) is 0 Å². The molecule has 0 aliphatic heterocycles. The van der Waals surface area contributed by atoms with E-state index in [2.05, 4.69) is 5.10 Å². The van der Waals surface area contributed by atoms with Gasteiger partial charge in [0.2, 0.25) is 5.88 Å². The minimum Gasteiger partial charge on any atom is -0.481 e. The van der Waals surface area contributed by atoms with Gasteiger partial charge in [-0.2, -0.15) is 5.10 Å². The quantitative estimate of drug-likeness (QED) is 0.889. The van der Waals surface area contributed by atoms with Gasteiger partial charge in [-0.1, -0.05) is 26.2 Å². The SMILES string of the molecule is CCc1nn(C2CCCCC2)c(OC)c1CC(=O)O. The topological polar surface area (TPSA) is 64.4 Å². The number of carboxylic acids is 1. The summed E-state index contributed by atoms with van der Waals surface area (Å²) in [4.78, 5) is 11.0. The van der Waals surface area contributed by atoms with E-state index in [1.165, 1.54) is 19.3 Å². The molecular weight excluding hydrogens is 244 g/mol. The maximum Gasteiger partial charge on any atom is 0.308 e. The molecular formula is C14H22N2O3. The lowest BCUT2D eigenvalue weighted by Crippen LogP contribution is -2.15. The molecule has 19 heavy (non-hydrogen) atoms. The van der Waals surface area contributed by atoms with Crippen molar-refractivity contribution in [3.8, 4) is 5.88 Å². The van der Waals surface area contributed by atoms with E-state index in [0.717, 1.165) is 30.5 Å². The smallest absolute Gasteiger partial charge is 0.308 e. The third kappa shape index (κ3) is 2.91. The third-order valence-electron chi connectivity index (χ3n) is 3.82. The van der Waals surface area contributed by atoms with Gasteiger partial charge in [-0.15, -0.1) is 0 Å². The molecule has 1 N–H and O–H groups in total. The van der Waals surface area contributed by atoms with Crippen LogP contribution in [-0.2, 0) is 17.6 Å². The summed E-state index contributed by atoms with van der Waals surface area (Å²) in [5.74, 6) is -0.192. The molecule has 0 radical (unpaired) electrons. The Morgan fingerprint density at radius 2 is 2.11 bits per heavy atom. The third-order valence-corrected chi connectivity index (χ3v) is 3.82. The molecule has 1 aromatic rings. The van der Waals surface area contributed by atoms with Crippen molar-refractivity contribution in [1.29, 1.82) is 0 Å². The lowest BCUT2D eigenvalue weighted by molar-refractivity contribution is -0.136. The van der Waals surface area contributed by atoms with Crippen LogP contribution in [0.15, 0.2) is 0 Å². The summed E-state index contributed by atoms with van der Waals surface area (Å²) in [5, 5.41) is 13.6. The molecule has 0 unspecified atom stereocenters. The molecule has 0 aromatic carbocycles. The summed E-state index contributed by atoms with van der Waals surface area (Å²) in [7, 11) is 1.60. The van der Waals surface area contributed by atoms with Crippen LogP contribution in [0.25, 0.3) is 0 Å². The number of nitrogens with zero attached hydrogens (tertiary/aromatic N) is 2. The maximum atomic E-state index is 11.0. The van der Waals surface area contributed by atoms with Gasteiger partial charge in [-0.05, 0) is 19.3 Å². The lowest BCUT2D eigenvalue weighted by atomic mass is 9.96. The van der Waals surface area contributed by atoms with Crippen molar-refractivity contribution in [2.75, 3.05) is 7.11 Å².